The molecule has 1 atom stereocenters. The van der Waals surface area contributed by atoms with E-state index in [0.29, 0.717) is 5.95 Å². The highest BCUT2D eigenvalue weighted by atomic mass is 35.5. The summed E-state index contributed by atoms with van der Waals surface area (Å²) in [5.74, 6) is 0.465. The number of nitrogens with one attached hydrogen (secondary N) is 1. The number of piperidine rings is 1. The average molecular weight is 510 g/mol. The number of hydrogen-bond donors (Lipinski definition) is 2. The van der Waals surface area contributed by atoms with Crippen LogP contribution in [0.2, 0.25) is 10.0 Å². The first-order valence-electron chi connectivity index (χ1n) is 11.3. The highest BCUT2D eigenvalue weighted by Crippen LogP contribution is 2.50. The number of pyridine rings is 1. The summed E-state index contributed by atoms with van der Waals surface area (Å²) in [5.41, 5.74) is 8.21. The van der Waals surface area contributed by atoms with Gasteiger partial charge < -0.3 is 10.6 Å². The van der Waals surface area contributed by atoms with Crippen LogP contribution in [0.5, 0.6) is 0 Å². The molecule has 3 aromatic heterocycles. The third-order valence-corrected chi connectivity index (χ3v) is 8.14. The maximum atomic E-state index is 13.1. The van der Waals surface area contributed by atoms with Crippen molar-refractivity contribution in [2.45, 2.75) is 25.3 Å². The zero-order valence-corrected chi connectivity index (χ0v) is 20.1. The van der Waals surface area contributed by atoms with Gasteiger partial charge in [-0.05, 0) is 54.0 Å². The molecule has 35 heavy (non-hydrogen) atoms. The first kappa shape index (κ1) is 22.2. The van der Waals surface area contributed by atoms with Crippen molar-refractivity contribution in [3.05, 3.63) is 84.9 Å². The van der Waals surface area contributed by atoms with Gasteiger partial charge in [-0.2, -0.15) is 4.98 Å². The molecule has 1 spiro atoms. The minimum absolute atomic E-state index is 0.00299. The molecular weight excluding hydrogens is 489 g/mol. The van der Waals surface area contributed by atoms with Gasteiger partial charge in [-0.3, -0.25) is 14.8 Å². The number of halogens is 2. The second kappa shape index (κ2) is 8.15. The van der Waals surface area contributed by atoms with Gasteiger partial charge in [0, 0.05) is 37.7 Å². The maximum Gasteiger partial charge on any atom is 0.334 e. The predicted molar refractivity (Wildman–Crippen MR) is 135 cm³/mol. The Kier molecular flexibility index (Phi) is 5.17. The number of anilines is 1. The standard InChI is InChI=1S/C24H21Cl2N7O2/c25-16-2-1-3-17(18(16)26)33-21(34)15-12-29-22(30-20(15)31-23(33)35)32-8-5-24(6-9-32)10-13-11-28-7-4-14(13)19(24)27/h1-4,7,11-12,19H,5-6,8-10,27H2,(H,29,30,31,35)/t19-/m1/s1. The molecule has 9 nitrogen and oxygen atoms in total. The molecule has 178 valence electrons. The Bertz CT molecular complexity index is 1590. The number of hydrogen-bond acceptors (Lipinski definition) is 7. The fraction of sp³-hybridized carbons (Fsp3) is 0.292. The molecule has 2 aliphatic rings. The van der Waals surface area contributed by atoms with Gasteiger partial charge >= 0.3 is 5.69 Å². The van der Waals surface area contributed by atoms with Crippen LogP contribution in [-0.2, 0) is 6.42 Å². The van der Waals surface area contributed by atoms with Crippen LogP contribution in [0.3, 0.4) is 0 Å². The second-order valence-electron chi connectivity index (χ2n) is 9.15. The van der Waals surface area contributed by atoms with Gasteiger partial charge in [0.2, 0.25) is 5.95 Å². The third kappa shape index (κ3) is 3.45. The molecule has 0 bridgehead atoms. The lowest BCUT2D eigenvalue weighted by atomic mass is 9.73. The van der Waals surface area contributed by atoms with Crippen molar-refractivity contribution in [1.29, 1.82) is 0 Å². The van der Waals surface area contributed by atoms with E-state index in [1.165, 1.54) is 17.3 Å². The molecule has 0 unspecified atom stereocenters. The van der Waals surface area contributed by atoms with Gasteiger partial charge in [0.05, 0.1) is 15.7 Å². The second-order valence-corrected chi connectivity index (χ2v) is 9.94. The fourth-order valence-electron chi connectivity index (χ4n) is 5.38. The summed E-state index contributed by atoms with van der Waals surface area (Å²) in [5, 5.41) is 0.536. The predicted octanol–water partition coefficient (Wildman–Crippen LogP) is 3.01. The summed E-state index contributed by atoms with van der Waals surface area (Å²) in [6, 6.07) is 6.76. The zero-order chi connectivity index (χ0) is 24.3. The van der Waals surface area contributed by atoms with E-state index in [2.05, 4.69) is 24.8 Å². The van der Waals surface area contributed by atoms with E-state index in [1.54, 1.807) is 24.4 Å². The van der Waals surface area contributed by atoms with E-state index < -0.39 is 11.2 Å². The highest BCUT2D eigenvalue weighted by molar-refractivity contribution is 6.43. The van der Waals surface area contributed by atoms with Gasteiger partial charge in [-0.15, -0.1) is 0 Å². The molecule has 1 fully saturated rings. The summed E-state index contributed by atoms with van der Waals surface area (Å²) >= 11 is 12.3. The fourth-order valence-corrected chi connectivity index (χ4v) is 5.76. The van der Waals surface area contributed by atoms with Crippen LogP contribution in [0, 0.1) is 5.41 Å². The number of aromatic amines is 1. The van der Waals surface area contributed by atoms with Crippen molar-refractivity contribution in [3.63, 3.8) is 0 Å². The minimum atomic E-state index is -0.655. The molecule has 1 aromatic carbocycles. The molecule has 0 radical (unpaired) electrons. The molecule has 1 saturated heterocycles. The van der Waals surface area contributed by atoms with E-state index in [4.69, 9.17) is 28.9 Å². The van der Waals surface area contributed by atoms with Crippen molar-refractivity contribution in [2.24, 2.45) is 11.1 Å². The van der Waals surface area contributed by atoms with Crippen LogP contribution in [0.15, 0.2) is 52.4 Å². The summed E-state index contributed by atoms with van der Waals surface area (Å²) in [6.07, 6.45) is 7.85. The smallest absolute Gasteiger partial charge is 0.334 e. The van der Waals surface area contributed by atoms with Crippen LogP contribution >= 0.6 is 23.2 Å². The number of H-pyrrole nitrogens is 1. The van der Waals surface area contributed by atoms with Crippen molar-refractivity contribution in [2.75, 3.05) is 18.0 Å². The van der Waals surface area contributed by atoms with Gasteiger partial charge in [-0.25, -0.2) is 14.3 Å². The Labute approximate surface area is 209 Å². The van der Waals surface area contributed by atoms with E-state index >= 15 is 0 Å². The van der Waals surface area contributed by atoms with Crippen LogP contribution < -0.4 is 21.9 Å². The summed E-state index contributed by atoms with van der Waals surface area (Å²) in [4.78, 5) is 43.9. The summed E-state index contributed by atoms with van der Waals surface area (Å²) < 4.78 is 0.943. The highest BCUT2D eigenvalue weighted by Gasteiger charge is 2.46. The lowest BCUT2D eigenvalue weighted by Crippen LogP contribution is -2.45. The molecule has 6 rings (SSSR count). The quantitative estimate of drug-likeness (QED) is 0.425. The van der Waals surface area contributed by atoms with Crippen LogP contribution in [0.25, 0.3) is 16.7 Å². The Morgan fingerprint density at radius 2 is 1.91 bits per heavy atom. The lowest BCUT2D eigenvalue weighted by molar-refractivity contribution is 0.187. The van der Waals surface area contributed by atoms with Crippen molar-refractivity contribution in [1.82, 2.24) is 24.5 Å². The minimum Gasteiger partial charge on any atom is -0.341 e. The number of rotatable bonds is 2. The number of nitrogens with two attached hydrogens (primary N) is 1. The Balaban J connectivity index is 1.30. The first-order chi connectivity index (χ1) is 16.9. The lowest BCUT2D eigenvalue weighted by Gasteiger charge is -2.42. The Morgan fingerprint density at radius 3 is 2.69 bits per heavy atom. The molecule has 1 aliphatic carbocycles. The monoisotopic (exact) mass is 509 g/mol. The van der Waals surface area contributed by atoms with Gasteiger partial charge in [0.1, 0.15) is 5.39 Å². The Hall–Kier alpha value is -3.27. The molecule has 1 aliphatic heterocycles. The van der Waals surface area contributed by atoms with Crippen molar-refractivity contribution in [3.8, 4) is 5.69 Å². The van der Waals surface area contributed by atoms with Crippen molar-refractivity contribution < 1.29 is 0 Å². The number of benzene rings is 1. The first-order valence-corrected chi connectivity index (χ1v) is 12.0. The van der Waals surface area contributed by atoms with Crippen LogP contribution in [-0.4, -0.2) is 37.6 Å². The summed E-state index contributed by atoms with van der Waals surface area (Å²) in [6.45, 7) is 1.44. The number of nitrogens with zero attached hydrogens (tertiary/aromatic N) is 5. The molecule has 3 N–H and O–H groups in total. The van der Waals surface area contributed by atoms with Gasteiger partial charge in [0.15, 0.2) is 5.65 Å². The van der Waals surface area contributed by atoms with Gasteiger partial charge in [-0.1, -0.05) is 29.3 Å². The number of fused-ring (bicyclic) bond motifs is 2. The normalized spacial score (nSPS) is 18.8. The van der Waals surface area contributed by atoms with Crippen molar-refractivity contribution >= 4 is 40.2 Å². The van der Waals surface area contributed by atoms with E-state index in [9.17, 15) is 9.59 Å². The van der Waals surface area contributed by atoms with E-state index in [1.807, 2.05) is 12.3 Å². The maximum absolute atomic E-state index is 13.1. The van der Waals surface area contributed by atoms with E-state index in [0.717, 1.165) is 36.9 Å². The van der Waals surface area contributed by atoms with Crippen LogP contribution in [0.4, 0.5) is 5.95 Å². The summed E-state index contributed by atoms with van der Waals surface area (Å²) in [7, 11) is 0. The molecule has 4 heterocycles. The molecule has 11 heteroatoms. The largest absolute Gasteiger partial charge is 0.341 e. The van der Waals surface area contributed by atoms with Crippen LogP contribution in [0.1, 0.15) is 30.0 Å². The Morgan fingerprint density at radius 1 is 1.11 bits per heavy atom. The molecule has 0 amide bonds. The SMILES string of the molecule is N[C@@H]1c2ccncc2CC12CCN(c1ncc3c(=O)n(-c4cccc(Cl)c4Cl)c(=O)[nH]c3n1)CC2. The van der Waals surface area contributed by atoms with Gasteiger partial charge in [0.25, 0.3) is 5.56 Å². The topological polar surface area (TPSA) is 123 Å². The zero-order valence-electron chi connectivity index (χ0n) is 18.5. The third-order valence-electron chi connectivity index (χ3n) is 7.33. The molecule has 4 aromatic rings. The van der Waals surface area contributed by atoms with E-state index in [-0.39, 0.29) is 38.2 Å². The average Bonchev–Trinajstić information content (AvgIpc) is 3.13. The molecular formula is C24H21Cl2N7O2. The number of aromatic nitrogens is 5. The molecule has 0 saturated carbocycles.